The summed E-state index contributed by atoms with van der Waals surface area (Å²) < 4.78 is 7.41. The number of allylic oxidation sites excluding steroid dienone is 4. The molecule has 0 bridgehead atoms. The second-order valence-corrected chi connectivity index (χ2v) is 25.2. The Hall–Kier alpha value is -2.09. The number of unbranched alkanes of at least 4 members (excludes halogenated alkanes) is 10. The van der Waals surface area contributed by atoms with E-state index >= 15 is 0 Å². The molecule has 2 atom stereocenters. The fourth-order valence-electron chi connectivity index (χ4n) is 7.95. The molecule has 2 unspecified atom stereocenters. The minimum Gasteiger partial charge on any atom is -0.508 e. The SMILES string of the molecule is CCCC(CCC=CCCCCCCCc1cccc(O)c1)[Si](C)(C)O[Si](C)(C)C(CCC)CCC=CCCCCCCCc1cccc(O)c1. The summed E-state index contributed by atoms with van der Waals surface area (Å²) in [7, 11) is -3.64. The Kier molecular flexibility index (Phi) is 23.5. The molecular formula is C46H78O3Si2. The van der Waals surface area contributed by atoms with Gasteiger partial charge in [0, 0.05) is 0 Å². The van der Waals surface area contributed by atoms with E-state index in [9.17, 15) is 10.2 Å². The topological polar surface area (TPSA) is 49.7 Å². The smallest absolute Gasteiger partial charge is 0.176 e. The molecule has 3 nitrogen and oxygen atoms in total. The number of aromatic hydroxyl groups is 2. The molecule has 0 heterocycles. The van der Waals surface area contributed by atoms with Crippen LogP contribution in [0.15, 0.2) is 72.8 Å². The molecular weight excluding hydrogens is 657 g/mol. The van der Waals surface area contributed by atoms with Gasteiger partial charge in [0.1, 0.15) is 11.5 Å². The second-order valence-electron chi connectivity index (χ2n) is 16.3. The van der Waals surface area contributed by atoms with Crippen molar-refractivity contribution in [3.8, 4) is 11.5 Å². The molecule has 0 aliphatic heterocycles. The van der Waals surface area contributed by atoms with Gasteiger partial charge in [-0.05, 0) is 150 Å². The fourth-order valence-corrected chi connectivity index (χ4v) is 18.4. The lowest BCUT2D eigenvalue weighted by Crippen LogP contribution is -2.50. The van der Waals surface area contributed by atoms with Crippen LogP contribution in [0, 0.1) is 0 Å². The summed E-state index contributed by atoms with van der Waals surface area (Å²) in [5, 5.41) is 19.3. The van der Waals surface area contributed by atoms with Crippen molar-refractivity contribution in [2.45, 2.75) is 192 Å². The highest BCUT2D eigenvalue weighted by molar-refractivity contribution is 6.86. The van der Waals surface area contributed by atoms with Gasteiger partial charge in [0.25, 0.3) is 0 Å². The van der Waals surface area contributed by atoms with Gasteiger partial charge in [0.2, 0.25) is 0 Å². The Bertz CT molecular complexity index is 1130. The Morgan fingerprint density at radius 1 is 0.510 bits per heavy atom. The molecule has 0 radical (unpaired) electrons. The average Bonchev–Trinajstić information content (AvgIpc) is 3.08. The van der Waals surface area contributed by atoms with E-state index in [4.69, 9.17) is 4.12 Å². The molecule has 0 amide bonds. The van der Waals surface area contributed by atoms with E-state index < -0.39 is 16.6 Å². The van der Waals surface area contributed by atoms with E-state index in [1.165, 1.54) is 140 Å². The van der Waals surface area contributed by atoms with Crippen molar-refractivity contribution in [3.05, 3.63) is 84.0 Å². The van der Waals surface area contributed by atoms with Gasteiger partial charge in [-0.3, -0.25) is 0 Å². The van der Waals surface area contributed by atoms with Crippen molar-refractivity contribution >= 4 is 16.6 Å². The highest BCUT2D eigenvalue weighted by atomic mass is 28.4. The van der Waals surface area contributed by atoms with Gasteiger partial charge in [-0.1, -0.05) is 127 Å². The summed E-state index contributed by atoms with van der Waals surface area (Å²) in [6, 6.07) is 15.4. The normalized spacial score (nSPS) is 13.8. The fraction of sp³-hybridized carbons (Fsp3) is 0.652. The van der Waals surface area contributed by atoms with Crippen molar-refractivity contribution in [1.29, 1.82) is 0 Å². The Morgan fingerprint density at radius 3 is 1.27 bits per heavy atom. The Balaban J connectivity index is 1.64. The van der Waals surface area contributed by atoms with E-state index in [1.807, 2.05) is 24.3 Å². The molecule has 288 valence electrons. The number of hydrogen-bond acceptors (Lipinski definition) is 3. The molecule has 0 aromatic heterocycles. The van der Waals surface area contributed by atoms with E-state index in [0.29, 0.717) is 11.5 Å². The van der Waals surface area contributed by atoms with Crippen LogP contribution in [-0.2, 0) is 17.0 Å². The number of aryl methyl sites for hydroxylation is 2. The zero-order valence-electron chi connectivity index (χ0n) is 33.9. The minimum absolute atomic E-state index is 0.382. The zero-order chi connectivity index (χ0) is 37.2. The predicted molar refractivity (Wildman–Crippen MR) is 229 cm³/mol. The summed E-state index contributed by atoms with van der Waals surface area (Å²) in [5.74, 6) is 0.764. The molecule has 2 aromatic rings. The van der Waals surface area contributed by atoms with E-state index in [1.54, 1.807) is 12.1 Å². The number of phenols is 2. The predicted octanol–water partition coefficient (Wildman–Crippen LogP) is 15.0. The zero-order valence-corrected chi connectivity index (χ0v) is 35.9. The van der Waals surface area contributed by atoms with Gasteiger partial charge in [0.05, 0.1) is 0 Å². The van der Waals surface area contributed by atoms with Gasteiger partial charge < -0.3 is 14.3 Å². The first-order valence-electron chi connectivity index (χ1n) is 21.1. The lowest BCUT2D eigenvalue weighted by atomic mass is 10.0. The number of phenolic OH excluding ortho intramolecular Hbond substituents is 2. The summed E-state index contributed by atoms with van der Waals surface area (Å²) in [5.41, 5.74) is 3.97. The van der Waals surface area contributed by atoms with Gasteiger partial charge in [-0.25, -0.2) is 0 Å². The molecule has 2 N–H and O–H groups in total. The van der Waals surface area contributed by atoms with Crippen molar-refractivity contribution in [2.75, 3.05) is 0 Å². The highest BCUT2D eigenvalue weighted by Gasteiger charge is 2.42. The van der Waals surface area contributed by atoms with E-state index in [-0.39, 0.29) is 0 Å². The molecule has 0 aliphatic rings. The Labute approximate surface area is 317 Å². The standard InChI is InChI=1S/C46H78O3Si2/c1-7-29-45(37-25-21-17-13-9-11-15-19-23-31-41-33-27-35-43(47)39-41)50(3,4)49-51(5,6)46(30-8-2)38-26-22-18-14-10-12-16-20-24-32-42-34-28-36-44(48)40-42/h17-18,21-22,27-28,33-36,39-40,45-48H,7-16,19-20,23-26,29-32,37-38H2,1-6H3. The van der Waals surface area contributed by atoms with Gasteiger partial charge in [-0.2, -0.15) is 0 Å². The number of benzene rings is 2. The van der Waals surface area contributed by atoms with Gasteiger partial charge in [-0.15, -0.1) is 0 Å². The number of hydrogen-bond donors (Lipinski definition) is 2. The summed E-state index contributed by atoms with van der Waals surface area (Å²) in [6.45, 7) is 14.8. The molecule has 5 heteroatoms. The molecule has 2 rings (SSSR count). The van der Waals surface area contributed by atoms with Crippen molar-refractivity contribution in [2.24, 2.45) is 0 Å². The Morgan fingerprint density at radius 2 is 0.882 bits per heavy atom. The molecule has 0 spiro atoms. The molecule has 0 aliphatic carbocycles. The molecule has 2 aromatic carbocycles. The van der Waals surface area contributed by atoms with Crippen LogP contribution in [0.5, 0.6) is 11.5 Å². The first-order valence-corrected chi connectivity index (χ1v) is 27.1. The maximum atomic E-state index is 9.63. The van der Waals surface area contributed by atoms with Crippen LogP contribution in [0.2, 0.25) is 37.3 Å². The third-order valence-electron chi connectivity index (χ3n) is 11.0. The molecule has 0 saturated carbocycles. The lowest BCUT2D eigenvalue weighted by Gasteiger charge is -2.43. The summed E-state index contributed by atoms with van der Waals surface area (Å²) in [4.78, 5) is 0. The second kappa shape index (κ2) is 26.6. The molecule has 51 heavy (non-hydrogen) atoms. The largest absolute Gasteiger partial charge is 0.508 e. The van der Waals surface area contributed by atoms with E-state index in [0.717, 1.165) is 23.9 Å². The lowest BCUT2D eigenvalue weighted by molar-refractivity contribution is 0.460. The van der Waals surface area contributed by atoms with Gasteiger partial charge in [0.15, 0.2) is 16.6 Å². The first-order chi connectivity index (χ1) is 24.6. The number of rotatable bonds is 30. The minimum atomic E-state index is -1.82. The third-order valence-corrected chi connectivity index (χ3v) is 20.3. The molecule has 0 fully saturated rings. The van der Waals surface area contributed by atoms with Crippen LogP contribution in [-0.4, -0.2) is 26.8 Å². The van der Waals surface area contributed by atoms with Crippen LogP contribution in [0.25, 0.3) is 0 Å². The van der Waals surface area contributed by atoms with Crippen molar-refractivity contribution < 1.29 is 14.3 Å². The van der Waals surface area contributed by atoms with E-state index in [2.05, 4.69) is 76.5 Å². The maximum absolute atomic E-state index is 9.63. The third kappa shape index (κ3) is 20.7. The van der Waals surface area contributed by atoms with Crippen LogP contribution >= 0.6 is 0 Å². The van der Waals surface area contributed by atoms with Crippen molar-refractivity contribution in [3.63, 3.8) is 0 Å². The van der Waals surface area contributed by atoms with Crippen LogP contribution in [0.4, 0.5) is 0 Å². The first kappa shape index (κ1) is 45.1. The maximum Gasteiger partial charge on any atom is 0.176 e. The van der Waals surface area contributed by atoms with Crippen LogP contribution in [0.3, 0.4) is 0 Å². The quantitative estimate of drug-likeness (QED) is 0.0477. The highest BCUT2D eigenvalue weighted by Crippen LogP contribution is 2.40. The van der Waals surface area contributed by atoms with Crippen LogP contribution in [0.1, 0.15) is 153 Å². The molecule has 0 saturated heterocycles. The average molecular weight is 735 g/mol. The summed E-state index contributed by atoms with van der Waals surface area (Å²) in [6.07, 6.45) is 37.2. The summed E-state index contributed by atoms with van der Waals surface area (Å²) >= 11 is 0. The van der Waals surface area contributed by atoms with Gasteiger partial charge >= 0.3 is 0 Å². The van der Waals surface area contributed by atoms with Crippen molar-refractivity contribution in [1.82, 2.24) is 0 Å². The van der Waals surface area contributed by atoms with Crippen LogP contribution < -0.4 is 0 Å². The monoisotopic (exact) mass is 735 g/mol.